The van der Waals surface area contributed by atoms with E-state index < -0.39 is 0 Å². The Labute approximate surface area is 167 Å². The van der Waals surface area contributed by atoms with E-state index in [0.29, 0.717) is 112 Å². The van der Waals surface area contributed by atoms with Gasteiger partial charge in [-0.2, -0.15) is 0 Å². The van der Waals surface area contributed by atoms with Gasteiger partial charge in [-0.25, -0.2) is 0 Å². The van der Waals surface area contributed by atoms with Crippen LogP contribution in [-0.2, 0) is 42.7 Å². The Kier molecular flexibility index (Phi) is 25.7. The molecule has 0 atom stereocenters. The molecule has 0 saturated heterocycles. The Balaban J connectivity index is 2.97. The Morgan fingerprint density at radius 1 is 0.429 bits per heavy atom. The molecule has 0 radical (unpaired) electrons. The van der Waals surface area contributed by atoms with E-state index in [-0.39, 0.29) is 6.61 Å². The van der Waals surface area contributed by atoms with Gasteiger partial charge in [-0.05, 0) is 0 Å². The fraction of sp³-hybridized carbons (Fsp3) is 0.944. The third kappa shape index (κ3) is 25.3. The maximum absolute atomic E-state index is 10.0. The smallest absolute Gasteiger partial charge is 0.145 e. The second kappa shape index (κ2) is 26.3. The highest BCUT2D eigenvalue weighted by Crippen LogP contribution is 1.85. The summed E-state index contributed by atoms with van der Waals surface area (Å²) < 4.78 is 42.2. The molecule has 0 aromatic heterocycles. The van der Waals surface area contributed by atoms with Crippen molar-refractivity contribution in [1.82, 2.24) is 0 Å². The fourth-order valence-electron chi connectivity index (χ4n) is 1.75. The average Bonchev–Trinajstić information content (AvgIpc) is 2.71. The molecule has 0 aromatic carbocycles. The van der Waals surface area contributed by atoms with Gasteiger partial charge in [0.2, 0.25) is 0 Å². The Hall–Kier alpha value is -0.690. The number of ether oxygens (including phenoxy) is 8. The van der Waals surface area contributed by atoms with Crippen molar-refractivity contribution >= 4 is 6.29 Å². The molecule has 0 aliphatic rings. The van der Waals surface area contributed by atoms with Gasteiger partial charge >= 0.3 is 0 Å². The van der Waals surface area contributed by atoms with Crippen molar-refractivity contribution < 1.29 is 42.7 Å². The van der Waals surface area contributed by atoms with Gasteiger partial charge in [0.15, 0.2) is 0 Å². The monoisotopic (exact) mass is 411 g/mol. The zero-order chi connectivity index (χ0) is 20.4. The molecule has 0 bridgehead atoms. The first-order valence-corrected chi connectivity index (χ1v) is 9.67. The zero-order valence-electron chi connectivity index (χ0n) is 16.8. The highest BCUT2D eigenvalue weighted by molar-refractivity contribution is 5.50. The van der Waals surface area contributed by atoms with Crippen LogP contribution in [0.2, 0.25) is 0 Å². The van der Waals surface area contributed by atoms with Gasteiger partial charge < -0.3 is 48.4 Å². The molecule has 28 heavy (non-hydrogen) atoms. The van der Waals surface area contributed by atoms with Crippen LogP contribution in [-0.4, -0.2) is 119 Å². The molecule has 0 spiro atoms. The highest BCUT2D eigenvalue weighted by atomic mass is 16.6. The van der Waals surface area contributed by atoms with Gasteiger partial charge in [0.05, 0.1) is 99.1 Å². The quantitative estimate of drug-likeness (QED) is 0.152. The molecule has 0 fully saturated rings. The molecule has 0 amide bonds. The van der Waals surface area contributed by atoms with Crippen LogP contribution in [0.5, 0.6) is 0 Å². The minimum Gasteiger partial charge on any atom is -0.378 e. The van der Waals surface area contributed by atoms with Crippen LogP contribution in [0.4, 0.5) is 0 Å². The minimum atomic E-state index is 0.107. The Morgan fingerprint density at radius 2 is 0.679 bits per heavy atom. The van der Waals surface area contributed by atoms with Crippen LogP contribution < -0.4 is 5.73 Å². The first-order valence-electron chi connectivity index (χ1n) is 9.67. The number of hydrogen-bond acceptors (Lipinski definition) is 10. The molecule has 0 aliphatic carbocycles. The first kappa shape index (κ1) is 27.3. The molecule has 168 valence electrons. The second-order valence-corrected chi connectivity index (χ2v) is 5.32. The number of rotatable bonds is 25. The topological polar surface area (TPSA) is 117 Å². The molecule has 10 nitrogen and oxygen atoms in total. The van der Waals surface area contributed by atoms with Crippen LogP contribution in [0.1, 0.15) is 0 Å². The maximum Gasteiger partial charge on any atom is 0.145 e. The van der Waals surface area contributed by atoms with Crippen LogP contribution in [0.25, 0.3) is 0 Å². The SMILES string of the molecule is NCCOCCOCCOCCOCCOCCOCCOCCOCC=O. The molecule has 0 unspecified atom stereocenters. The van der Waals surface area contributed by atoms with Crippen LogP contribution in [0.15, 0.2) is 0 Å². The third-order valence-electron chi connectivity index (χ3n) is 3.05. The molecule has 2 N–H and O–H groups in total. The van der Waals surface area contributed by atoms with Gasteiger partial charge in [-0.3, -0.25) is 0 Å². The number of carbonyl (C=O) groups is 1. The minimum absolute atomic E-state index is 0.107. The van der Waals surface area contributed by atoms with Gasteiger partial charge in [0.25, 0.3) is 0 Å². The van der Waals surface area contributed by atoms with Crippen molar-refractivity contribution in [3.63, 3.8) is 0 Å². The highest BCUT2D eigenvalue weighted by Gasteiger charge is 1.94. The molecule has 0 saturated carbocycles. The summed E-state index contributed by atoms with van der Waals surface area (Å²) >= 11 is 0. The molecule has 10 heteroatoms. The predicted molar refractivity (Wildman–Crippen MR) is 102 cm³/mol. The van der Waals surface area contributed by atoms with E-state index in [1.807, 2.05) is 0 Å². The summed E-state index contributed by atoms with van der Waals surface area (Å²) in [6, 6.07) is 0. The maximum atomic E-state index is 10.0. The van der Waals surface area contributed by atoms with E-state index in [4.69, 9.17) is 43.6 Å². The molecular weight excluding hydrogens is 374 g/mol. The van der Waals surface area contributed by atoms with E-state index in [2.05, 4.69) is 0 Å². The number of carbonyl (C=O) groups excluding carboxylic acids is 1. The molecular formula is C18H37NO9. The van der Waals surface area contributed by atoms with E-state index in [0.717, 1.165) is 0 Å². The van der Waals surface area contributed by atoms with E-state index in [1.54, 1.807) is 0 Å². The third-order valence-corrected chi connectivity index (χ3v) is 3.05. The number of aldehydes is 1. The standard InChI is InChI=1S/C18H37NO9/c19-1-3-21-5-7-23-9-11-25-13-15-27-17-18-28-16-14-26-12-10-24-8-6-22-4-2-20/h2H,1,3-19H2. The normalized spacial score (nSPS) is 11.2. The van der Waals surface area contributed by atoms with Crippen molar-refractivity contribution in [3.05, 3.63) is 0 Å². The Morgan fingerprint density at radius 3 is 0.929 bits per heavy atom. The molecule has 0 aliphatic heterocycles. The Bertz CT molecular complexity index is 298. The average molecular weight is 411 g/mol. The predicted octanol–water partition coefficient (Wildman–Crippen LogP) is -0.723. The van der Waals surface area contributed by atoms with Crippen molar-refractivity contribution in [2.24, 2.45) is 5.73 Å². The lowest BCUT2D eigenvalue weighted by Crippen LogP contribution is -2.15. The summed E-state index contributed by atoms with van der Waals surface area (Å²) in [6.45, 7) is 8.29. The summed E-state index contributed by atoms with van der Waals surface area (Å²) in [7, 11) is 0. The lowest BCUT2D eigenvalue weighted by molar-refractivity contribution is -0.112. The van der Waals surface area contributed by atoms with Gasteiger partial charge in [0, 0.05) is 6.54 Å². The zero-order valence-corrected chi connectivity index (χ0v) is 16.8. The first-order chi connectivity index (χ1) is 13.9. The summed E-state index contributed by atoms with van der Waals surface area (Å²) in [5.41, 5.74) is 5.30. The summed E-state index contributed by atoms with van der Waals surface area (Å²) in [5, 5.41) is 0. The fourth-order valence-corrected chi connectivity index (χ4v) is 1.75. The number of nitrogens with two attached hydrogens (primary N) is 1. The van der Waals surface area contributed by atoms with Crippen molar-refractivity contribution in [2.75, 3.05) is 112 Å². The largest absolute Gasteiger partial charge is 0.378 e. The molecule has 0 rings (SSSR count). The van der Waals surface area contributed by atoms with Crippen molar-refractivity contribution in [1.29, 1.82) is 0 Å². The van der Waals surface area contributed by atoms with E-state index in [9.17, 15) is 4.79 Å². The van der Waals surface area contributed by atoms with Crippen molar-refractivity contribution in [3.8, 4) is 0 Å². The summed E-state index contributed by atoms with van der Waals surface area (Å²) in [6.07, 6.45) is 0.711. The lowest BCUT2D eigenvalue weighted by atomic mass is 10.6. The van der Waals surface area contributed by atoms with Gasteiger partial charge in [0.1, 0.15) is 12.9 Å². The van der Waals surface area contributed by atoms with Gasteiger partial charge in [-0.1, -0.05) is 0 Å². The summed E-state index contributed by atoms with van der Waals surface area (Å²) in [5.74, 6) is 0. The van der Waals surface area contributed by atoms with Gasteiger partial charge in [-0.15, -0.1) is 0 Å². The van der Waals surface area contributed by atoms with E-state index >= 15 is 0 Å². The van der Waals surface area contributed by atoms with Crippen LogP contribution in [0, 0.1) is 0 Å². The van der Waals surface area contributed by atoms with E-state index in [1.165, 1.54) is 0 Å². The van der Waals surface area contributed by atoms with Crippen LogP contribution in [0.3, 0.4) is 0 Å². The molecule has 0 aromatic rings. The lowest BCUT2D eigenvalue weighted by Gasteiger charge is -2.08. The molecule has 0 heterocycles. The summed E-state index contributed by atoms with van der Waals surface area (Å²) in [4.78, 5) is 10.0. The van der Waals surface area contributed by atoms with Crippen LogP contribution >= 0.6 is 0 Å². The van der Waals surface area contributed by atoms with Crippen molar-refractivity contribution in [2.45, 2.75) is 0 Å². The second-order valence-electron chi connectivity index (χ2n) is 5.32. The number of hydrogen-bond donors (Lipinski definition) is 1.